The van der Waals surface area contributed by atoms with Gasteiger partial charge >= 0.3 is 5.97 Å². The number of hydrogen-bond acceptors (Lipinski definition) is 3. The van der Waals surface area contributed by atoms with Crippen LogP contribution >= 0.6 is 0 Å². The topological polar surface area (TPSA) is 75.6 Å². The molecular weight excluding hydrogens is 246 g/mol. The fraction of sp³-hybridized carbons (Fsp3) is 0.429. The van der Waals surface area contributed by atoms with E-state index in [9.17, 15) is 9.59 Å². The number of aliphatic carboxylic acids is 1. The van der Waals surface area contributed by atoms with Gasteiger partial charge in [-0.15, -0.1) is 0 Å². The first kappa shape index (κ1) is 15.0. The summed E-state index contributed by atoms with van der Waals surface area (Å²) in [7, 11) is 0. The number of carboxylic acids is 1. The van der Waals surface area contributed by atoms with E-state index in [-0.39, 0.29) is 25.0 Å². The molecule has 1 unspecified atom stereocenters. The van der Waals surface area contributed by atoms with Crippen LogP contribution in [0, 0.1) is 6.92 Å². The van der Waals surface area contributed by atoms with Crippen molar-refractivity contribution < 1.29 is 19.4 Å². The van der Waals surface area contributed by atoms with Crippen molar-refractivity contribution in [1.29, 1.82) is 0 Å². The maximum atomic E-state index is 11.6. The van der Waals surface area contributed by atoms with Crippen LogP contribution in [0.2, 0.25) is 0 Å². The third-order valence-corrected chi connectivity index (χ3v) is 2.65. The van der Waals surface area contributed by atoms with Crippen LogP contribution in [0.15, 0.2) is 24.3 Å². The maximum Gasteiger partial charge on any atom is 0.303 e. The number of ether oxygens (including phenoxy) is 1. The molecule has 19 heavy (non-hydrogen) atoms. The van der Waals surface area contributed by atoms with Crippen LogP contribution in [-0.2, 0) is 9.59 Å². The lowest BCUT2D eigenvalue weighted by Crippen LogP contribution is -2.36. The van der Waals surface area contributed by atoms with Gasteiger partial charge in [0, 0.05) is 12.5 Å². The van der Waals surface area contributed by atoms with Crippen molar-refractivity contribution in [1.82, 2.24) is 5.32 Å². The summed E-state index contributed by atoms with van der Waals surface area (Å²) < 4.78 is 5.40. The minimum atomic E-state index is -0.864. The number of benzene rings is 1. The summed E-state index contributed by atoms with van der Waals surface area (Å²) in [4.78, 5) is 22.0. The summed E-state index contributed by atoms with van der Waals surface area (Å²) >= 11 is 0. The molecule has 0 bridgehead atoms. The molecule has 2 N–H and O–H groups in total. The first-order valence-electron chi connectivity index (χ1n) is 6.18. The Morgan fingerprint density at radius 2 is 2.05 bits per heavy atom. The molecule has 0 radical (unpaired) electrons. The quantitative estimate of drug-likeness (QED) is 0.787. The zero-order valence-corrected chi connectivity index (χ0v) is 11.2. The van der Waals surface area contributed by atoms with E-state index in [1.165, 1.54) is 0 Å². The van der Waals surface area contributed by atoms with Gasteiger partial charge in [0.1, 0.15) is 5.75 Å². The minimum Gasteiger partial charge on any atom is -0.484 e. The van der Waals surface area contributed by atoms with E-state index in [4.69, 9.17) is 9.84 Å². The Labute approximate surface area is 112 Å². The summed E-state index contributed by atoms with van der Waals surface area (Å²) in [6, 6.07) is 7.27. The summed E-state index contributed by atoms with van der Waals surface area (Å²) in [5.74, 6) is -0.436. The molecule has 0 spiro atoms. The smallest absolute Gasteiger partial charge is 0.303 e. The molecule has 104 valence electrons. The number of carbonyl (C=O) groups excluding carboxylic acids is 1. The van der Waals surface area contributed by atoms with Crippen molar-refractivity contribution in [2.24, 2.45) is 0 Å². The second kappa shape index (κ2) is 7.41. The molecule has 0 aliphatic heterocycles. The summed E-state index contributed by atoms with van der Waals surface area (Å²) in [6.07, 6.45) is 0.450. The highest BCUT2D eigenvalue weighted by molar-refractivity contribution is 5.78. The van der Waals surface area contributed by atoms with Crippen LogP contribution in [0.4, 0.5) is 0 Å². The van der Waals surface area contributed by atoms with Gasteiger partial charge < -0.3 is 15.2 Å². The SMILES string of the molecule is Cc1ccccc1OCC(=O)NC(C)CCC(=O)O. The van der Waals surface area contributed by atoms with Gasteiger partial charge in [-0.05, 0) is 31.9 Å². The van der Waals surface area contributed by atoms with E-state index in [1.807, 2.05) is 25.1 Å². The normalized spacial score (nSPS) is 11.7. The molecule has 5 heteroatoms. The molecule has 1 atom stereocenters. The average Bonchev–Trinajstić information content (AvgIpc) is 2.35. The standard InChI is InChI=1S/C14H19NO4/c1-10-5-3-4-6-12(10)19-9-13(16)15-11(2)7-8-14(17)18/h3-6,11H,7-9H2,1-2H3,(H,15,16)(H,17,18). The van der Waals surface area contributed by atoms with Crippen molar-refractivity contribution in [3.05, 3.63) is 29.8 Å². The van der Waals surface area contributed by atoms with Gasteiger partial charge in [-0.3, -0.25) is 9.59 Å². The first-order chi connectivity index (χ1) is 8.99. The third kappa shape index (κ3) is 5.90. The zero-order valence-electron chi connectivity index (χ0n) is 11.2. The highest BCUT2D eigenvalue weighted by atomic mass is 16.5. The molecule has 0 aliphatic rings. The van der Waals surface area contributed by atoms with E-state index in [0.29, 0.717) is 12.2 Å². The van der Waals surface area contributed by atoms with Gasteiger partial charge in [-0.25, -0.2) is 0 Å². The molecule has 0 heterocycles. The summed E-state index contributed by atoms with van der Waals surface area (Å²) in [5.41, 5.74) is 0.967. The number of aryl methyl sites for hydroxylation is 1. The molecule has 0 fully saturated rings. The molecule has 5 nitrogen and oxygen atoms in total. The highest BCUT2D eigenvalue weighted by Crippen LogP contribution is 2.15. The third-order valence-electron chi connectivity index (χ3n) is 2.65. The number of carboxylic acid groups (broad SMARTS) is 1. The largest absolute Gasteiger partial charge is 0.484 e. The molecule has 0 saturated heterocycles. The van der Waals surface area contributed by atoms with Gasteiger partial charge in [0.05, 0.1) is 0 Å². The van der Waals surface area contributed by atoms with Gasteiger partial charge in [0.15, 0.2) is 6.61 Å². The summed E-state index contributed by atoms with van der Waals surface area (Å²) in [5, 5.41) is 11.2. The molecule has 0 aromatic heterocycles. The lowest BCUT2D eigenvalue weighted by atomic mass is 10.2. The Kier molecular flexibility index (Phi) is 5.85. The second-order valence-corrected chi connectivity index (χ2v) is 4.46. The van der Waals surface area contributed by atoms with Crippen LogP contribution in [0.3, 0.4) is 0 Å². The van der Waals surface area contributed by atoms with E-state index in [2.05, 4.69) is 5.32 Å². The number of rotatable bonds is 7. The lowest BCUT2D eigenvalue weighted by Gasteiger charge is -2.13. The minimum absolute atomic E-state index is 0.0418. The van der Waals surface area contributed by atoms with E-state index in [1.54, 1.807) is 13.0 Å². The lowest BCUT2D eigenvalue weighted by molar-refractivity contribution is -0.137. The number of carbonyl (C=O) groups is 2. The fourth-order valence-electron chi connectivity index (χ4n) is 1.59. The summed E-state index contributed by atoms with van der Waals surface area (Å²) in [6.45, 7) is 3.61. The molecule has 0 saturated carbocycles. The van der Waals surface area contributed by atoms with Crippen molar-refractivity contribution in [2.45, 2.75) is 32.7 Å². The Morgan fingerprint density at radius 1 is 1.37 bits per heavy atom. The van der Waals surface area contributed by atoms with Crippen LogP contribution in [0.5, 0.6) is 5.75 Å². The Hall–Kier alpha value is -2.04. The Balaban J connectivity index is 2.32. The maximum absolute atomic E-state index is 11.6. The molecule has 1 aromatic rings. The van der Waals surface area contributed by atoms with Crippen LogP contribution in [-0.4, -0.2) is 29.6 Å². The molecule has 1 aromatic carbocycles. The Bertz CT molecular complexity index is 445. The van der Waals surface area contributed by atoms with Gasteiger partial charge in [0.25, 0.3) is 5.91 Å². The highest BCUT2D eigenvalue weighted by Gasteiger charge is 2.10. The number of hydrogen-bond donors (Lipinski definition) is 2. The fourth-order valence-corrected chi connectivity index (χ4v) is 1.59. The Morgan fingerprint density at radius 3 is 2.68 bits per heavy atom. The average molecular weight is 265 g/mol. The second-order valence-electron chi connectivity index (χ2n) is 4.46. The van der Waals surface area contributed by atoms with Crippen molar-refractivity contribution in [2.75, 3.05) is 6.61 Å². The molecule has 1 amide bonds. The van der Waals surface area contributed by atoms with Crippen LogP contribution < -0.4 is 10.1 Å². The van der Waals surface area contributed by atoms with Crippen LogP contribution in [0.25, 0.3) is 0 Å². The zero-order chi connectivity index (χ0) is 14.3. The number of amides is 1. The number of para-hydroxylation sites is 1. The predicted molar refractivity (Wildman–Crippen MR) is 71.1 cm³/mol. The number of nitrogens with one attached hydrogen (secondary N) is 1. The van der Waals surface area contributed by atoms with Crippen LogP contribution in [0.1, 0.15) is 25.3 Å². The predicted octanol–water partition coefficient (Wildman–Crippen LogP) is 1.74. The molecule has 0 aliphatic carbocycles. The molecule has 1 rings (SSSR count). The van der Waals surface area contributed by atoms with E-state index in [0.717, 1.165) is 5.56 Å². The van der Waals surface area contributed by atoms with Crippen molar-refractivity contribution in [3.8, 4) is 5.75 Å². The first-order valence-corrected chi connectivity index (χ1v) is 6.18. The van der Waals surface area contributed by atoms with Gasteiger partial charge in [0.2, 0.25) is 0 Å². The van der Waals surface area contributed by atoms with Gasteiger partial charge in [-0.1, -0.05) is 18.2 Å². The monoisotopic (exact) mass is 265 g/mol. The van der Waals surface area contributed by atoms with Crippen molar-refractivity contribution in [3.63, 3.8) is 0 Å². The van der Waals surface area contributed by atoms with Gasteiger partial charge in [-0.2, -0.15) is 0 Å². The molecular formula is C14H19NO4. The van der Waals surface area contributed by atoms with E-state index < -0.39 is 5.97 Å². The van der Waals surface area contributed by atoms with E-state index >= 15 is 0 Å². The van der Waals surface area contributed by atoms with Crippen molar-refractivity contribution >= 4 is 11.9 Å².